The first-order valence-corrected chi connectivity index (χ1v) is 9.02. The number of aromatic nitrogens is 2. The van der Waals surface area contributed by atoms with Crippen molar-refractivity contribution in [3.63, 3.8) is 0 Å². The van der Waals surface area contributed by atoms with Gasteiger partial charge in [-0.2, -0.15) is 0 Å². The lowest BCUT2D eigenvalue weighted by Gasteiger charge is -2.11. The van der Waals surface area contributed by atoms with Crippen molar-refractivity contribution in [1.29, 1.82) is 0 Å². The van der Waals surface area contributed by atoms with Gasteiger partial charge in [-0.05, 0) is 42.9 Å². The Hall–Kier alpha value is -1.51. The van der Waals surface area contributed by atoms with Crippen LogP contribution in [0.25, 0.3) is 10.2 Å². The van der Waals surface area contributed by atoms with E-state index in [4.69, 9.17) is 17.0 Å². The molecule has 2 N–H and O–H groups in total. The van der Waals surface area contributed by atoms with Crippen LogP contribution in [0.1, 0.15) is 25.7 Å². The van der Waals surface area contributed by atoms with E-state index >= 15 is 0 Å². The van der Waals surface area contributed by atoms with Crippen LogP contribution in [0.15, 0.2) is 16.2 Å². The second-order valence-corrected chi connectivity index (χ2v) is 6.90. The molecule has 1 amide bonds. The first kappa shape index (κ1) is 16.4. The molecular formula is C15H19N3O3S2. The average Bonchev–Trinajstić information content (AvgIpc) is 3.19. The molecule has 23 heavy (non-hydrogen) atoms. The number of hydrogen-bond donors (Lipinski definition) is 2. The molecule has 0 spiro atoms. The highest BCUT2D eigenvalue weighted by Crippen LogP contribution is 2.14. The molecule has 1 unspecified atom stereocenters. The monoisotopic (exact) mass is 353 g/mol. The predicted octanol–water partition coefficient (Wildman–Crippen LogP) is 2.20. The largest absolute Gasteiger partial charge is 0.376 e. The number of nitrogens with one attached hydrogen (secondary N) is 2. The van der Waals surface area contributed by atoms with Crippen LogP contribution in [0.2, 0.25) is 0 Å². The summed E-state index contributed by atoms with van der Waals surface area (Å²) in [7, 11) is 0. The molecule has 2 aromatic heterocycles. The first-order chi connectivity index (χ1) is 11.1. The number of H-pyrrole nitrogens is 1. The second-order valence-electron chi connectivity index (χ2n) is 5.59. The number of carbonyl (C=O) groups excluding carboxylic acids is 1. The van der Waals surface area contributed by atoms with Crippen LogP contribution in [-0.4, -0.2) is 34.7 Å². The molecule has 1 fully saturated rings. The van der Waals surface area contributed by atoms with Crippen molar-refractivity contribution in [1.82, 2.24) is 14.9 Å². The van der Waals surface area contributed by atoms with Crippen molar-refractivity contribution in [2.24, 2.45) is 0 Å². The van der Waals surface area contributed by atoms with Crippen LogP contribution >= 0.6 is 23.6 Å². The van der Waals surface area contributed by atoms with Gasteiger partial charge in [0.25, 0.3) is 5.56 Å². The van der Waals surface area contributed by atoms with Crippen LogP contribution < -0.4 is 10.9 Å². The summed E-state index contributed by atoms with van der Waals surface area (Å²) in [5.74, 6) is -0.0133. The van der Waals surface area contributed by atoms with E-state index in [1.807, 2.05) is 11.4 Å². The fourth-order valence-electron chi connectivity index (χ4n) is 2.69. The second kappa shape index (κ2) is 7.37. The molecule has 1 atom stereocenters. The van der Waals surface area contributed by atoms with Gasteiger partial charge in [0.05, 0.1) is 11.6 Å². The van der Waals surface area contributed by atoms with E-state index < -0.39 is 0 Å². The summed E-state index contributed by atoms with van der Waals surface area (Å²) in [6.07, 6.45) is 3.16. The highest BCUT2D eigenvalue weighted by Gasteiger charge is 2.16. The van der Waals surface area contributed by atoms with Crippen LogP contribution in [0.5, 0.6) is 0 Å². The fourth-order valence-corrected chi connectivity index (χ4v) is 3.77. The van der Waals surface area contributed by atoms with Crippen molar-refractivity contribution < 1.29 is 9.53 Å². The zero-order valence-electron chi connectivity index (χ0n) is 12.7. The minimum atomic E-state index is -0.0847. The molecule has 0 bridgehead atoms. The Morgan fingerprint density at radius 3 is 3.22 bits per heavy atom. The van der Waals surface area contributed by atoms with E-state index in [2.05, 4.69) is 10.3 Å². The number of rotatable bonds is 6. The standard InChI is InChI=1S/C15H19N3O3S2/c19-12(16-9-10-3-2-7-21-10)4-1-6-18-14(20)13-11(5-8-23-13)17-15(18)22/h5,8,10H,1-4,6-7,9H2,(H,16,19)(H,17,22). The van der Waals surface area contributed by atoms with Gasteiger partial charge < -0.3 is 15.0 Å². The molecule has 0 aromatic carbocycles. The molecule has 0 saturated carbocycles. The van der Waals surface area contributed by atoms with Gasteiger partial charge in [-0.25, -0.2) is 0 Å². The Morgan fingerprint density at radius 2 is 2.43 bits per heavy atom. The van der Waals surface area contributed by atoms with Crippen LogP contribution in [-0.2, 0) is 16.1 Å². The van der Waals surface area contributed by atoms with Gasteiger partial charge in [-0.3, -0.25) is 14.2 Å². The molecule has 8 heteroatoms. The van der Waals surface area contributed by atoms with E-state index in [-0.39, 0.29) is 17.6 Å². The molecule has 0 aliphatic carbocycles. The highest BCUT2D eigenvalue weighted by atomic mass is 32.1. The molecule has 1 saturated heterocycles. The molecule has 124 valence electrons. The Morgan fingerprint density at radius 1 is 1.57 bits per heavy atom. The topological polar surface area (TPSA) is 76.1 Å². The van der Waals surface area contributed by atoms with Crippen LogP contribution in [0, 0.1) is 4.77 Å². The summed E-state index contributed by atoms with van der Waals surface area (Å²) in [6, 6.07) is 1.85. The number of aromatic amines is 1. The summed E-state index contributed by atoms with van der Waals surface area (Å²) in [5, 5.41) is 4.74. The van der Waals surface area contributed by atoms with Gasteiger partial charge in [0.1, 0.15) is 4.70 Å². The summed E-state index contributed by atoms with van der Waals surface area (Å²) >= 11 is 6.63. The summed E-state index contributed by atoms with van der Waals surface area (Å²) < 4.78 is 8.07. The van der Waals surface area contributed by atoms with Gasteiger partial charge in [0, 0.05) is 26.1 Å². The lowest BCUT2D eigenvalue weighted by atomic mass is 10.2. The lowest BCUT2D eigenvalue weighted by molar-refractivity contribution is -0.121. The van der Waals surface area contributed by atoms with Crippen molar-refractivity contribution in [3.8, 4) is 0 Å². The molecule has 3 rings (SSSR count). The Kier molecular flexibility index (Phi) is 5.24. The predicted molar refractivity (Wildman–Crippen MR) is 92.5 cm³/mol. The Bertz CT molecular complexity index is 802. The number of nitrogens with zero attached hydrogens (tertiary/aromatic N) is 1. The minimum absolute atomic E-state index is 0.0133. The molecule has 1 aliphatic rings. The number of carbonyl (C=O) groups is 1. The zero-order valence-corrected chi connectivity index (χ0v) is 14.3. The zero-order chi connectivity index (χ0) is 16.2. The molecule has 3 heterocycles. The van der Waals surface area contributed by atoms with Gasteiger partial charge >= 0.3 is 0 Å². The summed E-state index contributed by atoms with van der Waals surface area (Å²) in [4.78, 5) is 27.3. The summed E-state index contributed by atoms with van der Waals surface area (Å²) in [5.41, 5.74) is 0.689. The maximum atomic E-state index is 12.4. The molecule has 0 radical (unpaired) electrons. The Balaban J connectivity index is 1.53. The van der Waals surface area contributed by atoms with Crippen LogP contribution in [0.3, 0.4) is 0 Å². The molecular weight excluding hydrogens is 334 g/mol. The highest BCUT2D eigenvalue weighted by molar-refractivity contribution is 7.71. The Labute approximate surface area is 142 Å². The lowest BCUT2D eigenvalue weighted by Crippen LogP contribution is -2.32. The number of amides is 1. The summed E-state index contributed by atoms with van der Waals surface area (Å²) in [6.45, 7) is 1.79. The van der Waals surface area contributed by atoms with E-state index in [0.29, 0.717) is 35.4 Å². The van der Waals surface area contributed by atoms with E-state index in [1.54, 1.807) is 0 Å². The van der Waals surface area contributed by atoms with Gasteiger partial charge in [0.15, 0.2) is 4.77 Å². The van der Waals surface area contributed by atoms with Crippen molar-refractivity contribution in [2.75, 3.05) is 13.2 Å². The fraction of sp³-hybridized carbons (Fsp3) is 0.533. The normalized spacial score (nSPS) is 17.7. The first-order valence-electron chi connectivity index (χ1n) is 7.74. The number of fused-ring (bicyclic) bond motifs is 1. The maximum absolute atomic E-state index is 12.4. The quantitative estimate of drug-likeness (QED) is 0.781. The third-order valence-electron chi connectivity index (χ3n) is 3.93. The number of thiophene rings is 1. The number of ether oxygens (including phenoxy) is 1. The molecule has 6 nitrogen and oxygen atoms in total. The van der Waals surface area contributed by atoms with Gasteiger partial charge in [-0.15, -0.1) is 11.3 Å². The van der Waals surface area contributed by atoms with Crippen LogP contribution in [0.4, 0.5) is 0 Å². The number of hydrogen-bond acceptors (Lipinski definition) is 5. The van der Waals surface area contributed by atoms with Gasteiger partial charge in [-0.1, -0.05) is 0 Å². The molecule has 1 aliphatic heterocycles. The SMILES string of the molecule is O=C(CCCn1c(=S)[nH]c2ccsc2c1=O)NCC1CCCO1. The third-order valence-corrected chi connectivity index (χ3v) is 5.15. The van der Waals surface area contributed by atoms with E-state index in [1.165, 1.54) is 15.9 Å². The third kappa shape index (κ3) is 3.88. The van der Waals surface area contributed by atoms with Gasteiger partial charge in [0.2, 0.25) is 5.91 Å². The van der Waals surface area contributed by atoms with Crippen molar-refractivity contribution in [3.05, 3.63) is 26.6 Å². The maximum Gasteiger partial charge on any atom is 0.272 e. The average molecular weight is 353 g/mol. The van der Waals surface area contributed by atoms with Crippen molar-refractivity contribution >= 4 is 39.7 Å². The molecule has 2 aromatic rings. The minimum Gasteiger partial charge on any atom is -0.376 e. The smallest absolute Gasteiger partial charge is 0.272 e. The van der Waals surface area contributed by atoms with Crippen molar-refractivity contribution in [2.45, 2.75) is 38.3 Å². The van der Waals surface area contributed by atoms with E-state index in [0.717, 1.165) is 25.0 Å². The van der Waals surface area contributed by atoms with E-state index in [9.17, 15) is 9.59 Å².